The maximum atomic E-state index is 6.16. The Morgan fingerprint density at radius 1 is 1.30 bits per heavy atom. The van der Waals surface area contributed by atoms with Gasteiger partial charge in [0.2, 0.25) is 0 Å². The second kappa shape index (κ2) is 4.98. The van der Waals surface area contributed by atoms with Gasteiger partial charge in [-0.1, -0.05) is 0 Å². The van der Waals surface area contributed by atoms with E-state index < -0.39 is 0 Å². The molecule has 1 aromatic carbocycles. The minimum Gasteiger partial charge on any atom is -0.497 e. The Bertz CT molecular complexity index is 513. The summed E-state index contributed by atoms with van der Waals surface area (Å²) in [4.78, 5) is 9.09. The van der Waals surface area contributed by atoms with Gasteiger partial charge in [0.1, 0.15) is 5.75 Å². The second-order valence-corrected chi connectivity index (χ2v) is 5.77. The number of nitrogens with zero attached hydrogens (tertiary/aromatic N) is 3. The normalized spacial score (nSPS) is 26.9. The monoisotopic (exact) mass is 274 g/mol. The Morgan fingerprint density at radius 3 is 2.70 bits per heavy atom. The highest BCUT2D eigenvalue weighted by molar-refractivity contribution is 5.98. The van der Waals surface area contributed by atoms with E-state index >= 15 is 0 Å². The average molecular weight is 274 g/mol. The number of anilines is 1. The highest BCUT2D eigenvalue weighted by Crippen LogP contribution is 2.35. The molecule has 0 aliphatic carbocycles. The number of likely N-dealkylation sites (tertiary alicyclic amines) is 1. The molecule has 3 rings (SSSR count). The van der Waals surface area contributed by atoms with Crippen molar-refractivity contribution in [1.29, 1.82) is 0 Å². The van der Waals surface area contributed by atoms with Gasteiger partial charge in [-0.05, 0) is 50.7 Å². The number of benzene rings is 1. The Morgan fingerprint density at radius 2 is 2.05 bits per heavy atom. The first-order chi connectivity index (χ1) is 9.64. The van der Waals surface area contributed by atoms with Crippen molar-refractivity contribution in [3.05, 3.63) is 24.3 Å². The van der Waals surface area contributed by atoms with Crippen LogP contribution in [0.5, 0.6) is 5.75 Å². The third-order valence-electron chi connectivity index (χ3n) is 4.32. The molecule has 1 fully saturated rings. The first-order valence-corrected chi connectivity index (χ1v) is 7.07. The van der Waals surface area contributed by atoms with Crippen LogP contribution in [0.15, 0.2) is 29.3 Å². The van der Waals surface area contributed by atoms with Crippen LogP contribution in [-0.4, -0.2) is 50.2 Å². The minimum absolute atomic E-state index is 0.0195. The standard InChI is InChI=1S/C15H22N4O/c1-18-9-3-8-15(11-18)10-17-14(16)19(15)12-4-6-13(20-2)7-5-12/h4-7H,3,8-11H2,1-2H3,(H2,16,17). The van der Waals surface area contributed by atoms with Crippen LogP contribution in [0.2, 0.25) is 0 Å². The maximum Gasteiger partial charge on any atom is 0.196 e. The molecule has 1 atom stereocenters. The van der Waals surface area contributed by atoms with Crippen LogP contribution in [0, 0.1) is 0 Å². The third kappa shape index (κ3) is 2.12. The first-order valence-electron chi connectivity index (χ1n) is 7.07. The average Bonchev–Trinajstić information content (AvgIpc) is 2.75. The van der Waals surface area contributed by atoms with Crippen molar-refractivity contribution in [2.45, 2.75) is 18.4 Å². The molecule has 2 N–H and O–H groups in total. The lowest BCUT2D eigenvalue weighted by Crippen LogP contribution is -2.60. The van der Waals surface area contributed by atoms with Gasteiger partial charge in [0, 0.05) is 12.2 Å². The van der Waals surface area contributed by atoms with Crippen LogP contribution in [0.1, 0.15) is 12.8 Å². The van der Waals surface area contributed by atoms with E-state index in [4.69, 9.17) is 10.5 Å². The van der Waals surface area contributed by atoms with Gasteiger partial charge >= 0.3 is 0 Å². The van der Waals surface area contributed by atoms with Crippen LogP contribution in [-0.2, 0) is 0 Å². The van der Waals surface area contributed by atoms with Crippen LogP contribution in [0.25, 0.3) is 0 Å². The number of ether oxygens (including phenoxy) is 1. The molecule has 1 saturated heterocycles. The molecule has 20 heavy (non-hydrogen) atoms. The number of methoxy groups -OCH3 is 1. The minimum atomic E-state index is 0.0195. The molecule has 2 aliphatic rings. The number of likely N-dealkylation sites (N-methyl/N-ethyl adjacent to an activating group) is 1. The van der Waals surface area contributed by atoms with Gasteiger partial charge in [-0.3, -0.25) is 4.99 Å². The molecule has 0 amide bonds. The number of nitrogens with two attached hydrogens (primary N) is 1. The summed E-state index contributed by atoms with van der Waals surface area (Å²) in [5, 5.41) is 0. The second-order valence-electron chi connectivity index (χ2n) is 5.77. The molecule has 2 heterocycles. The zero-order valence-electron chi connectivity index (χ0n) is 12.2. The Hall–Kier alpha value is -1.75. The van der Waals surface area contributed by atoms with Gasteiger partial charge in [-0.2, -0.15) is 0 Å². The summed E-state index contributed by atoms with van der Waals surface area (Å²) in [6.45, 7) is 2.94. The van der Waals surface area contributed by atoms with Gasteiger partial charge in [-0.15, -0.1) is 0 Å². The highest BCUT2D eigenvalue weighted by atomic mass is 16.5. The highest BCUT2D eigenvalue weighted by Gasteiger charge is 2.45. The smallest absolute Gasteiger partial charge is 0.196 e. The van der Waals surface area contributed by atoms with Crippen molar-refractivity contribution in [1.82, 2.24) is 4.90 Å². The maximum absolute atomic E-state index is 6.16. The quantitative estimate of drug-likeness (QED) is 0.883. The number of hydrogen-bond donors (Lipinski definition) is 1. The lowest BCUT2D eigenvalue weighted by Gasteiger charge is -2.45. The van der Waals surface area contributed by atoms with Crippen molar-refractivity contribution < 1.29 is 4.74 Å². The van der Waals surface area contributed by atoms with Gasteiger partial charge in [0.25, 0.3) is 0 Å². The molecule has 0 aromatic heterocycles. The van der Waals surface area contributed by atoms with Crippen molar-refractivity contribution in [3.63, 3.8) is 0 Å². The molecule has 1 aromatic rings. The molecule has 1 unspecified atom stereocenters. The van der Waals surface area contributed by atoms with Crippen LogP contribution < -0.4 is 15.4 Å². The lowest BCUT2D eigenvalue weighted by molar-refractivity contribution is 0.191. The van der Waals surface area contributed by atoms with E-state index in [9.17, 15) is 0 Å². The van der Waals surface area contributed by atoms with Crippen LogP contribution in [0.4, 0.5) is 5.69 Å². The molecular weight excluding hydrogens is 252 g/mol. The summed E-state index contributed by atoms with van der Waals surface area (Å²) < 4.78 is 5.22. The summed E-state index contributed by atoms with van der Waals surface area (Å²) in [6.07, 6.45) is 2.32. The van der Waals surface area contributed by atoms with Gasteiger partial charge in [0.15, 0.2) is 5.96 Å². The molecule has 0 radical (unpaired) electrons. The van der Waals surface area contributed by atoms with Crippen molar-refractivity contribution in [2.24, 2.45) is 10.7 Å². The number of hydrogen-bond acceptors (Lipinski definition) is 5. The number of guanidine groups is 1. The zero-order valence-corrected chi connectivity index (χ0v) is 12.2. The summed E-state index contributed by atoms with van der Waals surface area (Å²) in [7, 11) is 3.85. The Kier molecular flexibility index (Phi) is 3.30. The molecule has 0 bridgehead atoms. The van der Waals surface area contributed by atoms with Gasteiger partial charge in [0.05, 0.1) is 19.2 Å². The fourth-order valence-corrected chi connectivity index (χ4v) is 3.40. The van der Waals surface area contributed by atoms with Crippen molar-refractivity contribution >= 4 is 11.6 Å². The molecule has 5 heteroatoms. The van der Waals surface area contributed by atoms with Crippen molar-refractivity contribution in [3.8, 4) is 5.75 Å². The lowest BCUT2D eigenvalue weighted by atomic mass is 9.88. The fourth-order valence-electron chi connectivity index (χ4n) is 3.40. The van der Waals surface area contributed by atoms with E-state index in [-0.39, 0.29) is 5.54 Å². The number of rotatable bonds is 2. The third-order valence-corrected chi connectivity index (χ3v) is 4.32. The Labute approximate surface area is 120 Å². The van der Waals surface area contributed by atoms with E-state index in [2.05, 4.69) is 34.0 Å². The summed E-state index contributed by atoms with van der Waals surface area (Å²) >= 11 is 0. The molecular formula is C15H22N4O. The molecule has 2 aliphatic heterocycles. The fraction of sp³-hybridized carbons (Fsp3) is 0.533. The largest absolute Gasteiger partial charge is 0.497 e. The molecule has 1 spiro atoms. The van der Waals surface area contributed by atoms with Gasteiger partial charge < -0.3 is 20.3 Å². The van der Waals surface area contributed by atoms with Crippen LogP contribution in [0.3, 0.4) is 0 Å². The Balaban J connectivity index is 1.93. The first kappa shape index (κ1) is 13.2. The van der Waals surface area contributed by atoms with E-state index in [1.807, 2.05) is 12.1 Å². The summed E-state index contributed by atoms with van der Waals surface area (Å²) in [5.41, 5.74) is 7.28. The molecule has 5 nitrogen and oxygen atoms in total. The summed E-state index contributed by atoms with van der Waals surface area (Å²) in [5.74, 6) is 1.49. The van der Waals surface area contributed by atoms with E-state index in [0.29, 0.717) is 5.96 Å². The van der Waals surface area contributed by atoms with Crippen molar-refractivity contribution in [2.75, 3.05) is 38.7 Å². The summed E-state index contributed by atoms with van der Waals surface area (Å²) in [6, 6.07) is 8.06. The van der Waals surface area contributed by atoms with Gasteiger partial charge in [-0.25, -0.2) is 0 Å². The van der Waals surface area contributed by atoms with E-state index in [1.165, 1.54) is 6.42 Å². The predicted molar refractivity (Wildman–Crippen MR) is 81.4 cm³/mol. The predicted octanol–water partition coefficient (Wildman–Crippen LogP) is 1.29. The zero-order chi connectivity index (χ0) is 14.2. The SMILES string of the molecule is COc1ccc(N2C(N)=NCC23CCCN(C)C3)cc1. The topological polar surface area (TPSA) is 54.1 Å². The number of aliphatic imine (C=N–C) groups is 1. The molecule has 0 saturated carbocycles. The molecule has 108 valence electrons. The number of piperidine rings is 1. The van der Waals surface area contributed by atoms with E-state index in [1.54, 1.807) is 7.11 Å². The van der Waals surface area contributed by atoms with Crippen LogP contribution >= 0.6 is 0 Å². The van der Waals surface area contributed by atoms with E-state index in [0.717, 1.165) is 37.5 Å².